The van der Waals surface area contributed by atoms with Crippen molar-refractivity contribution in [1.82, 2.24) is 0 Å². The molecule has 4 aliphatic rings. The van der Waals surface area contributed by atoms with Crippen LogP contribution >= 0.6 is 0 Å². The predicted molar refractivity (Wildman–Crippen MR) is 91.6 cm³/mol. The third-order valence-electron chi connectivity index (χ3n) is 7.45. The number of nitrogens with zero attached hydrogens (tertiary/aromatic N) is 1. The Morgan fingerprint density at radius 2 is 2.19 bits per heavy atom. The molecule has 0 radical (unpaired) electrons. The van der Waals surface area contributed by atoms with Crippen LogP contribution < -0.4 is 28.7 Å². The monoisotopic (exact) mass is 469 g/mol. The average Bonchev–Trinajstić information content (AvgIpc) is 2.93. The Bertz CT molecular complexity index is 826. The van der Waals surface area contributed by atoms with Gasteiger partial charge in [-0.3, -0.25) is 4.79 Å². The van der Waals surface area contributed by atoms with Crippen LogP contribution in [0.25, 0.3) is 0 Å². The van der Waals surface area contributed by atoms with Crippen molar-refractivity contribution < 1.29 is 48.2 Å². The molecule has 140 valence electrons. The quantitative estimate of drug-likeness (QED) is 0.313. The molecule has 2 aliphatic carbocycles. The fraction of sp³-hybridized carbons (Fsp3) is 0.550. The summed E-state index contributed by atoms with van der Waals surface area (Å²) in [4.78, 5) is 12.7. The van der Waals surface area contributed by atoms with Crippen LogP contribution in [0.5, 0.6) is 11.5 Å². The van der Waals surface area contributed by atoms with Crippen LogP contribution in [-0.2, 0) is 16.6 Å². The normalized spacial score (nSPS) is 41.7. The van der Waals surface area contributed by atoms with Gasteiger partial charge in [0.2, 0.25) is 0 Å². The number of aromatic hydroxyl groups is 1. The number of phenols is 1. The van der Waals surface area contributed by atoms with Crippen molar-refractivity contribution in [3.63, 3.8) is 0 Å². The molecule has 2 fully saturated rings. The van der Waals surface area contributed by atoms with Gasteiger partial charge in [-0.15, -0.1) is 0 Å². The van der Waals surface area contributed by atoms with E-state index >= 15 is 0 Å². The van der Waals surface area contributed by atoms with Crippen molar-refractivity contribution in [3.8, 4) is 11.5 Å². The number of likely N-dealkylation sites (tertiary alicyclic amines) is 1. The Morgan fingerprint density at radius 3 is 2.92 bits per heavy atom. The maximum atomic E-state index is 12.7. The van der Waals surface area contributed by atoms with Gasteiger partial charge in [0.1, 0.15) is 11.6 Å². The molecule has 2 unspecified atom stereocenters. The number of ether oxygens (including phenoxy) is 1. The van der Waals surface area contributed by atoms with Crippen LogP contribution in [0, 0.1) is 0 Å². The van der Waals surface area contributed by atoms with E-state index in [4.69, 9.17) is 4.74 Å². The largest absolute Gasteiger partial charge is 1.00 e. The second kappa shape index (κ2) is 5.45. The number of benzene rings is 1. The summed E-state index contributed by atoms with van der Waals surface area (Å²) >= 11 is 0. The molecular formula is C20H24INO4. The minimum atomic E-state index is -0.992. The van der Waals surface area contributed by atoms with Gasteiger partial charge in [-0.1, -0.05) is 12.6 Å². The molecule has 1 spiro atoms. The zero-order chi connectivity index (χ0) is 17.6. The lowest BCUT2D eigenvalue weighted by molar-refractivity contribution is -0.944. The molecule has 1 saturated heterocycles. The average molecular weight is 469 g/mol. The summed E-state index contributed by atoms with van der Waals surface area (Å²) in [5.41, 5.74) is 0.295. The number of quaternary nitrogens is 1. The second-order valence-electron chi connectivity index (χ2n) is 8.45. The summed E-state index contributed by atoms with van der Waals surface area (Å²) in [5.74, 6) is 0.547. The van der Waals surface area contributed by atoms with Gasteiger partial charge < -0.3 is 43.4 Å². The van der Waals surface area contributed by atoms with Crippen molar-refractivity contribution >= 4 is 5.78 Å². The van der Waals surface area contributed by atoms with E-state index in [0.29, 0.717) is 25.0 Å². The summed E-state index contributed by atoms with van der Waals surface area (Å²) in [7, 11) is 2.19. The highest BCUT2D eigenvalue weighted by Crippen LogP contribution is 2.65. The highest BCUT2D eigenvalue weighted by Gasteiger charge is 2.76. The first-order chi connectivity index (χ1) is 11.9. The lowest BCUT2D eigenvalue weighted by atomic mass is 9.48. The summed E-state index contributed by atoms with van der Waals surface area (Å²) in [5, 5.41) is 22.3. The Morgan fingerprint density at radius 1 is 1.42 bits per heavy atom. The van der Waals surface area contributed by atoms with Gasteiger partial charge in [0.05, 0.1) is 25.6 Å². The maximum absolute atomic E-state index is 12.7. The third kappa shape index (κ3) is 1.81. The molecule has 1 aromatic rings. The summed E-state index contributed by atoms with van der Waals surface area (Å²) < 4.78 is 6.76. The number of aliphatic hydroxyl groups is 1. The zero-order valence-corrected chi connectivity index (χ0v) is 17.0. The first-order valence-electron chi connectivity index (χ1n) is 9.09. The van der Waals surface area contributed by atoms with Gasteiger partial charge in [-0.2, -0.15) is 0 Å². The summed E-state index contributed by atoms with van der Waals surface area (Å²) in [6, 6.07) is 3.60. The highest BCUT2D eigenvalue weighted by molar-refractivity contribution is 5.90. The molecule has 2 heterocycles. The molecule has 2 aliphatic heterocycles. The number of ketones is 1. The van der Waals surface area contributed by atoms with Crippen LogP contribution in [0.2, 0.25) is 0 Å². The zero-order valence-electron chi connectivity index (χ0n) is 14.9. The third-order valence-corrected chi connectivity index (χ3v) is 7.45. The Kier molecular flexibility index (Phi) is 3.83. The number of halogens is 1. The topological polar surface area (TPSA) is 66.8 Å². The standard InChI is InChI=1S/C20H23NO4.HI/c1-3-9-21(2)10-8-19-16-12-4-5-13(22)17(16)25-18(19)14(23)6-7-20(19,24)15(21)11-12;/h3-5,15,18,24H,1,6-11H2,2H3;1H/t15-,18+,19+,20?,21?;/m1./s1. The van der Waals surface area contributed by atoms with Crippen molar-refractivity contribution in [2.24, 2.45) is 0 Å². The molecule has 0 aromatic heterocycles. The van der Waals surface area contributed by atoms with E-state index in [1.807, 2.05) is 12.1 Å². The Balaban J connectivity index is 0.00000168. The molecule has 0 amide bonds. The van der Waals surface area contributed by atoms with Crippen molar-refractivity contribution in [3.05, 3.63) is 35.9 Å². The van der Waals surface area contributed by atoms with Crippen molar-refractivity contribution in [2.45, 2.75) is 48.8 Å². The van der Waals surface area contributed by atoms with Gasteiger partial charge >= 0.3 is 0 Å². The van der Waals surface area contributed by atoms with E-state index in [9.17, 15) is 15.0 Å². The molecule has 5 nitrogen and oxygen atoms in total. The summed E-state index contributed by atoms with van der Waals surface area (Å²) in [6.07, 6.45) is 3.47. The van der Waals surface area contributed by atoms with Gasteiger partial charge in [0.15, 0.2) is 23.4 Å². The van der Waals surface area contributed by atoms with Gasteiger partial charge in [0, 0.05) is 24.8 Å². The number of rotatable bonds is 2. The first-order valence-corrected chi connectivity index (χ1v) is 9.09. The van der Waals surface area contributed by atoms with Crippen LogP contribution in [-0.4, -0.2) is 58.4 Å². The minimum Gasteiger partial charge on any atom is -1.00 e. The van der Waals surface area contributed by atoms with E-state index in [1.54, 1.807) is 6.07 Å². The van der Waals surface area contributed by atoms with E-state index in [2.05, 4.69) is 13.6 Å². The minimum absolute atomic E-state index is 0. The van der Waals surface area contributed by atoms with Crippen molar-refractivity contribution in [1.29, 1.82) is 0 Å². The fourth-order valence-electron chi connectivity index (χ4n) is 6.34. The number of carbonyl (C=O) groups excluding carboxylic acids is 1. The molecule has 1 aromatic carbocycles. The Hall–Kier alpha value is -1.12. The van der Waals surface area contributed by atoms with Crippen LogP contribution in [0.15, 0.2) is 24.8 Å². The van der Waals surface area contributed by atoms with Gasteiger partial charge in [-0.25, -0.2) is 0 Å². The van der Waals surface area contributed by atoms with Crippen LogP contribution in [0.1, 0.15) is 30.4 Å². The van der Waals surface area contributed by atoms with Crippen molar-refractivity contribution in [2.75, 3.05) is 20.1 Å². The molecule has 2 bridgehead atoms. The number of carbonyl (C=O) groups is 1. The van der Waals surface area contributed by atoms with Crippen LogP contribution in [0.4, 0.5) is 0 Å². The SMILES string of the molecule is C=CC[N+]1(C)CC[C@]23c4c5ccc(O)c4O[C@H]2C(=O)CCC3(O)[C@H]1C5.[I-]. The lowest BCUT2D eigenvalue weighted by Gasteiger charge is -2.64. The number of phenolic OH excluding ortho intramolecular Hbond substituents is 1. The maximum Gasteiger partial charge on any atom is 0.174 e. The summed E-state index contributed by atoms with van der Waals surface area (Å²) in [6.45, 7) is 5.57. The second-order valence-corrected chi connectivity index (χ2v) is 8.45. The smallest absolute Gasteiger partial charge is 0.174 e. The number of hydrogen-bond donors (Lipinski definition) is 2. The van der Waals surface area contributed by atoms with Crippen LogP contribution in [0.3, 0.4) is 0 Å². The number of hydrogen-bond acceptors (Lipinski definition) is 4. The number of Topliss-reactive ketones (excluding diaryl/α,β-unsaturated/α-hetero) is 1. The molecule has 5 rings (SSSR count). The van der Waals surface area contributed by atoms with E-state index in [0.717, 1.165) is 35.1 Å². The van der Waals surface area contributed by atoms with Gasteiger partial charge in [0.25, 0.3) is 0 Å². The van der Waals surface area contributed by atoms with E-state index in [1.165, 1.54) is 0 Å². The number of piperidine rings is 1. The molecule has 26 heavy (non-hydrogen) atoms. The molecular weight excluding hydrogens is 445 g/mol. The lowest BCUT2D eigenvalue weighted by Crippen LogP contribution is -3.00. The fourth-order valence-corrected chi connectivity index (χ4v) is 6.34. The Labute approximate surface area is 170 Å². The van der Waals surface area contributed by atoms with E-state index < -0.39 is 17.1 Å². The molecule has 2 N–H and O–H groups in total. The molecule has 1 saturated carbocycles. The predicted octanol–water partition coefficient (Wildman–Crippen LogP) is -1.55. The highest BCUT2D eigenvalue weighted by atomic mass is 127. The molecule has 6 heteroatoms. The van der Waals surface area contributed by atoms with Gasteiger partial charge in [-0.05, 0) is 24.1 Å². The van der Waals surface area contributed by atoms with E-state index in [-0.39, 0.29) is 41.6 Å². The number of likely N-dealkylation sites (N-methyl/N-ethyl adjacent to an activating group) is 1. The first kappa shape index (κ1) is 18.3. The molecule has 5 atom stereocenters.